The third-order valence-electron chi connectivity index (χ3n) is 6.54. The highest BCUT2D eigenvalue weighted by atomic mass is 32.1. The lowest BCUT2D eigenvalue weighted by molar-refractivity contribution is -0.119. The van der Waals surface area contributed by atoms with Gasteiger partial charge in [0, 0.05) is 10.6 Å². The summed E-state index contributed by atoms with van der Waals surface area (Å²) in [6.45, 7) is 4.25. The van der Waals surface area contributed by atoms with Crippen LogP contribution >= 0.6 is 11.3 Å². The molecular formula is C24H27FN4O2S. The third-order valence-corrected chi connectivity index (χ3v) is 7.72. The van der Waals surface area contributed by atoms with Crippen molar-refractivity contribution in [3.8, 4) is 0 Å². The minimum atomic E-state index is -0.735. The molecule has 5 rings (SSSR count). The summed E-state index contributed by atoms with van der Waals surface area (Å²) in [5.41, 5.74) is 1.51. The standard InChI is InChI=1S/C24H27FN4O2S/c1-15(22(30)26-17-10-8-16(25)9-11-17)29-20(14-28-12-4-5-13-28)27-23-21(24(29)31)18-6-2-3-7-19(18)32-23/h8-11,15H,2-7,12-14H2,1H3,(H,26,30). The van der Waals surface area contributed by atoms with E-state index in [0.717, 1.165) is 62.0 Å². The van der Waals surface area contributed by atoms with Gasteiger partial charge < -0.3 is 5.32 Å². The number of aromatic nitrogens is 2. The van der Waals surface area contributed by atoms with Crippen molar-refractivity contribution in [2.75, 3.05) is 18.4 Å². The Bertz CT molecular complexity index is 1210. The van der Waals surface area contributed by atoms with Crippen LogP contribution in [-0.2, 0) is 24.2 Å². The number of rotatable bonds is 5. The lowest BCUT2D eigenvalue weighted by Crippen LogP contribution is -2.36. The molecule has 3 heterocycles. The first-order valence-electron chi connectivity index (χ1n) is 11.4. The zero-order valence-electron chi connectivity index (χ0n) is 18.2. The van der Waals surface area contributed by atoms with Gasteiger partial charge >= 0.3 is 0 Å². The van der Waals surface area contributed by atoms with Crippen LogP contribution in [0.2, 0.25) is 0 Å². The molecule has 1 aliphatic heterocycles. The van der Waals surface area contributed by atoms with Crippen molar-refractivity contribution in [2.24, 2.45) is 0 Å². The fourth-order valence-electron chi connectivity index (χ4n) is 4.81. The molecule has 1 fully saturated rings. The molecule has 0 bridgehead atoms. The number of benzene rings is 1. The molecule has 1 atom stereocenters. The highest BCUT2D eigenvalue weighted by Gasteiger charge is 2.27. The van der Waals surface area contributed by atoms with Crippen LogP contribution in [0.3, 0.4) is 0 Å². The van der Waals surface area contributed by atoms with Gasteiger partial charge in [-0.05, 0) is 88.4 Å². The molecule has 1 unspecified atom stereocenters. The minimum Gasteiger partial charge on any atom is -0.324 e. The van der Waals surface area contributed by atoms with Gasteiger partial charge in [0.2, 0.25) is 5.91 Å². The van der Waals surface area contributed by atoms with Gasteiger partial charge in [0.25, 0.3) is 5.56 Å². The number of anilines is 1. The number of halogens is 1. The molecule has 8 heteroatoms. The summed E-state index contributed by atoms with van der Waals surface area (Å²) in [6, 6.07) is 4.91. The number of carbonyl (C=O) groups excluding carboxylic acids is 1. The number of carbonyl (C=O) groups is 1. The number of aryl methyl sites for hydroxylation is 2. The van der Waals surface area contributed by atoms with Crippen molar-refractivity contribution in [2.45, 2.75) is 58.0 Å². The number of thiophene rings is 1. The third kappa shape index (κ3) is 3.97. The van der Waals surface area contributed by atoms with E-state index in [1.54, 1.807) is 22.8 Å². The second-order valence-corrected chi connectivity index (χ2v) is 9.83. The van der Waals surface area contributed by atoms with Gasteiger partial charge in [0.05, 0.1) is 11.9 Å². The van der Waals surface area contributed by atoms with E-state index in [9.17, 15) is 14.0 Å². The van der Waals surface area contributed by atoms with E-state index >= 15 is 0 Å². The molecule has 0 saturated carbocycles. The van der Waals surface area contributed by atoms with Crippen molar-refractivity contribution in [3.05, 3.63) is 56.7 Å². The van der Waals surface area contributed by atoms with E-state index in [-0.39, 0.29) is 17.3 Å². The zero-order valence-corrected chi connectivity index (χ0v) is 19.0. The molecule has 32 heavy (non-hydrogen) atoms. The second-order valence-electron chi connectivity index (χ2n) is 8.75. The van der Waals surface area contributed by atoms with E-state index < -0.39 is 6.04 Å². The zero-order chi connectivity index (χ0) is 22.2. The molecule has 1 aromatic carbocycles. The molecule has 1 aliphatic carbocycles. The predicted molar refractivity (Wildman–Crippen MR) is 125 cm³/mol. The smallest absolute Gasteiger partial charge is 0.263 e. The van der Waals surface area contributed by atoms with Crippen LogP contribution in [0, 0.1) is 5.82 Å². The summed E-state index contributed by atoms with van der Waals surface area (Å²) in [5.74, 6) is -0.0339. The molecule has 1 amide bonds. The first kappa shape index (κ1) is 21.3. The number of nitrogens with zero attached hydrogens (tertiary/aromatic N) is 3. The van der Waals surface area contributed by atoms with Crippen molar-refractivity contribution in [3.63, 3.8) is 0 Å². The number of fused-ring (bicyclic) bond motifs is 3. The Balaban J connectivity index is 1.56. The summed E-state index contributed by atoms with van der Waals surface area (Å²) >= 11 is 1.64. The van der Waals surface area contributed by atoms with Gasteiger partial charge in [0.1, 0.15) is 22.5 Å². The Morgan fingerprint density at radius 2 is 1.88 bits per heavy atom. The second kappa shape index (κ2) is 8.75. The number of hydrogen-bond donors (Lipinski definition) is 1. The molecule has 3 aromatic rings. The lowest BCUT2D eigenvalue weighted by atomic mass is 9.97. The Hall–Kier alpha value is -2.58. The van der Waals surface area contributed by atoms with Crippen molar-refractivity contribution in [1.82, 2.24) is 14.5 Å². The lowest BCUT2D eigenvalue weighted by Gasteiger charge is -2.22. The fourth-order valence-corrected chi connectivity index (χ4v) is 6.08. The van der Waals surface area contributed by atoms with Crippen molar-refractivity contribution in [1.29, 1.82) is 0 Å². The van der Waals surface area contributed by atoms with Gasteiger partial charge in [-0.1, -0.05) is 0 Å². The van der Waals surface area contributed by atoms with E-state index in [1.165, 1.54) is 29.1 Å². The maximum absolute atomic E-state index is 13.8. The van der Waals surface area contributed by atoms with Crippen LogP contribution in [-0.4, -0.2) is 33.4 Å². The van der Waals surface area contributed by atoms with Crippen LogP contribution in [0.5, 0.6) is 0 Å². The molecular weight excluding hydrogens is 427 g/mol. The minimum absolute atomic E-state index is 0.120. The average Bonchev–Trinajstić information content (AvgIpc) is 3.42. The van der Waals surface area contributed by atoms with Gasteiger partial charge in [-0.2, -0.15) is 0 Å². The molecule has 168 valence electrons. The predicted octanol–water partition coefficient (Wildman–Crippen LogP) is 4.27. The van der Waals surface area contributed by atoms with E-state index in [4.69, 9.17) is 4.98 Å². The normalized spacial score (nSPS) is 17.4. The van der Waals surface area contributed by atoms with Crippen LogP contribution < -0.4 is 10.9 Å². The largest absolute Gasteiger partial charge is 0.324 e. The number of hydrogen-bond acceptors (Lipinski definition) is 5. The van der Waals surface area contributed by atoms with Crippen molar-refractivity contribution < 1.29 is 9.18 Å². The van der Waals surface area contributed by atoms with Gasteiger partial charge in [0.15, 0.2) is 0 Å². The van der Waals surface area contributed by atoms with Gasteiger partial charge in [-0.15, -0.1) is 11.3 Å². The molecule has 2 aliphatic rings. The fraction of sp³-hybridized carbons (Fsp3) is 0.458. The van der Waals surface area contributed by atoms with Crippen LogP contribution in [0.1, 0.15) is 54.9 Å². The average molecular weight is 455 g/mol. The quantitative estimate of drug-likeness (QED) is 0.625. The number of likely N-dealkylation sites (tertiary alicyclic amines) is 1. The maximum atomic E-state index is 13.8. The Kier molecular flexibility index (Phi) is 5.82. The first-order chi connectivity index (χ1) is 15.5. The molecule has 1 saturated heterocycles. The summed E-state index contributed by atoms with van der Waals surface area (Å²) < 4.78 is 14.8. The van der Waals surface area contributed by atoms with Crippen LogP contribution in [0.4, 0.5) is 10.1 Å². The highest BCUT2D eigenvalue weighted by Crippen LogP contribution is 2.34. The molecule has 2 aromatic heterocycles. The molecule has 0 spiro atoms. The number of nitrogens with one attached hydrogen (secondary N) is 1. The Labute approximate surface area is 190 Å². The maximum Gasteiger partial charge on any atom is 0.263 e. The van der Waals surface area contributed by atoms with E-state index in [1.807, 2.05) is 0 Å². The topological polar surface area (TPSA) is 67.2 Å². The summed E-state index contributed by atoms with van der Waals surface area (Å²) in [4.78, 5) is 36.2. The van der Waals surface area contributed by atoms with Crippen LogP contribution in [0.15, 0.2) is 29.1 Å². The van der Waals surface area contributed by atoms with Gasteiger partial charge in [-0.3, -0.25) is 19.1 Å². The van der Waals surface area contributed by atoms with Gasteiger partial charge in [-0.25, -0.2) is 9.37 Å². The summed E-state index contributed by atoms with van der Waals surface area (Å²) in [6.07, 6.45) is 6.39. The van der Waals surface area contributed by atoms with E-state index in [0.29, 0.717) is 23.4 Å². The van der Waals surface area contributed by atoms with Crippen molar-refractivity contribution >= 4 is 33.1 Å². The van der Waals surface area contributed by atoms with E-state index in [2.05, 4.69) is 10.2 Å². The molecule has 6 nitrogen and oxygen atoms in total. The first-order valence-corrected chi connectivity index (χ1v) is 12.2. The summed E-state index contributed by atoms with van der Waals surface area (Å²) in [7, 11) is 0. The highest BCUT2D eigenvalue weighted by molar-refractivity contribution is 7.18. The SMILES string of the molecule is CC(C(=O)Nc1ccc(F)cc1)n1c(CN2CCCC2)nc2sc3c(c2c1=O)CCCC3. The Morgan fingerprint density at radius 1 is 1.16 bits per heavy atom. The summed E-state index contributed by atoms with van der Waals surface area (Å²) in [5, 5.41) is 3.51. The monoisotopic (exact) mass is 454 g/mol. The molecule has 1 N–H and O–H groups in total. The Morgan fingerprint density at radius 3 is 2.62 bits per heavy atom. The molecule has 0 radical (unpaired) electrons. The number of amides is 1. The van der Waals surface area contributed by atoms with Crippen LogP contribution in [0.25, 0.3) is 10.2 Å².